The molecular formula is C18H19NO4. The van der Waals surface area contributed by atoms with Gasteiger partial charge in [-0.05, 0) is 37.7 Å². The highest BCUT2D eigenvalue weighted by atomic mass is 16.7. The van der Waals surface area contributed by atoms with Crippen LogP contribution in [-0.4, -0.2) is 25.9 Å². The summed E-state index contributed by atoms with van der Waals surface area (Å²) in [7, 11) is 1.84. The summed E-state index contributed by atoms with van der Waals surface area (Å²) < 4.78 is 16.3. The van der Waals surface area contributed by atoms with E-state index in [1.807, 2.05) is 44.3 Å². The van der Waals surface area contributed by atoms with E-state index in [0.717, 1.165) is 5.56 Å². The van der Waals surface area contributed by atoms with E-state index in [4.69, 9.17) is 14.2 Å². The summed E-state index contributed by atoms with van der Waals surface area (Å²) >= 11 is 0. The number of ether oxygens (including phenoxy) is 3. The van der Waals surface area contributed by atoms with Gasteiger partial charge in [0.1, 0.15) is 6.10 Å². The number of esters is 1. The summed E-state index contributed by atoms with van der Waals surface area (Å²) in [6.07, 6.45) is -0.376. The molecule has 2 unspecified atom stereocenters. The number of carbonyl (C=O) groups is 1. The molecule has 0 amide bonds. The first kappa shape index (κ1) is 15.4. The zero-order valence-electron chi connectivity index (χ0n) is 13.1. The molecule has 23 heavy (non-hydrogen) atoms. The van der Waals surface area contributed by atoms with Crippen LogP contribution in [-0.2, 0) is 4.74 Å². The third-order valence-corrected chi connectivity index (χ3v) is 3.88. The number of carbonyl (C=O) groups excluding carboxylic acids is 1. The lowest BCUT2D eigenvalue weighted by Crippen LogP contribution is -2.32. The predicted octanol–water partition coefficient (Wildman–Crippen LogP) is 2.92. The fourth-order valence-corrected chi connectivity index (χ4v) is 2.46. The molecule has 1 heterocycles. The predicted molar refractivity (Wildman–Crippen MR) is 85.7 cm³/mol. The molecule has 1 N–H and O–H groups in total. The van der Waals surface area contributed by atoms with Gasteiger partial charge in [0.05, 0.1) is 5.56 Å². The maximum absolute atomic E-state index is 12.5. The third kappa shape index (κ3) is 3.29. The van der Waals surface area contributed by atoms with Crippen molar-refractivity contribution in [1.29, 1.82) is 0 Å². The Morgan fingerprint density at radius 1 is 1.13 bits per heavy atom. The molecule has 5 nitrogen and oxygen atoms in total. The van der Waals surface area contributed by atoms with Crippen LogP contribution in [0.4, 0.5) is 0 Å². The number of benzene rings is 2. The molecular weight excluding hydrogens is 294 g/mol. The zero-order valence-corrected chi connectivity index (χ0v) is 13.1. The van der Waals surface area contributed by atoms with E-state index in [1.54, 1.807) is 18.2 Å². The molecule has 0 radical (unpaired) electrons. The quantitative estimate of drug-likeness (QED) is 0.860. The highest BCUT2D eigenvalue weighted by Gasteiger charge is 2.24. The van der Waals surface area contributed by atoms with Gasteiger partial charge in [0.15, 0.2) is 11.5 Å². The van der Waals surface area contributed by atoms with Crippen LogP contribution in [0.25, 0.3) is 0 Å². The minimum atomic E-state index is -0.390. The summed E-state index contributed by atoms with van der Waals surface area (Å²) in [6, 6.07) is 14.7. The van der Waals surface area contributed by atoms with Gasteiger partial charge in [-0.2, -0.15) is 0 Å². The maximum atomic E-state index is 12.5. The average molecular weight is 313 g/mol. The number of hydrogen-bond acceptors (Lipinski definition) is 5. The Hall–Kier alpha value is -2.53. The van der Waals surface area contributed by atoms with E-state index in [0.29, 0.717) is 17.1 Å². The Balaban J connectivity index is 1.81. The van der Waals surface area contributed by atoms with Crippen LogP contribution in [0.5, 0.6) is 11.5 Å². The molecule has 0 aromatic heterocycles. The van der Waals surface area contributed by atoms with Gasteiger partial charge >= 0.3 is 5.97 Å². The number of nitrogens with one attached hydrogen (secondary N) is 1. The van der Waals surface area contributed by atoms with Crippen LogP contribution in [0.1, 0.15) is 28.9 Å². The highest BCUT2D eigenvalue weighted by molar-refractivity contribution is 5.90. The van der Waals surface area contributed by atoms with Crippen LogP contribution in [0.2, 0.25) is 0 Å². The van der Waals surface area contributed by atoms with Gasteiger partial charge in [-0.1, -0.05) is 30.3 Å². The molecule has 2 atom stereocenters. The second-order valence-corrected chi connectivity index (χ2v) is 5.38. The van der Waals surface area contributed by atoms with Crippen molar-refractivity contribution in [2.75, 3.05) is 13.8 Å². The maximum Gasteiger partial charge on any atom is 0.338 e. The summed E-state index contributed by atoms with van der Waals surface area (Å²) in [4.78, 5) is 12.5. The lowest BCUT2D eigenvalue weighted by atomic mass is 10.0. The molecule has 2 aromatic carbocycles. The van der Waals surface area contributed by atoms with Gasteiger partial charge in [0, 0.05) is 6.04 Å². The second-order valence-electron chi connectivity index (χ2n) is 5.38. The van der Waals surface area contributed by atoms with Gasteiger partial charge in [-0.25, -0.2) is 4.79 Å². The molecule has 0 saturated heterocycles. The van der Waals surface area contributed by atoms with Crippen molar-refractivity contribution in [2.24, 2.45) is 0 Å². The summed E-state index contributed by atoms with van der Waals surface area (Å²) in [5.41, 5.74) is 1.39. The Labute approximate surface area is 135 Å². The summed E-state index contributed by atoms with van der Waals surface area (Å²) in [5, 5.41) is 3.14. The first-order valence-corrected chi connectivity index (χ1v) is 7.52. The Morgan fingerprint density at radius 2 is 1.87 bits per heavy atom. The van der Waals surface area contributed by atoms with E-state index < -0.39 is 0 Å². The molecule has 0 spiro atoms. The van der Waals surface area contributed by atoms with Gasteiger partial charge in [0.2, 0.25) is 6.79 Å². The van der Waals surface area contributed by atoms with Crippen LogP contribution < -0.4 is 14.8 Å². The zero-order chi connectivity index (χ0) is 16.2. The molecule has 0 bridgehead atoms. The molecule has 0 saturated carbocycles. The van der Waals surface area contributed by atoms with Gasteiger partial charge in [-0.15, -0.1) is 0 Å². The lowest BCUT2D eigenvalue weighted by Gasteiger charge is -2.24. The van der Waals surface area contributed by atoms with E-state index in [-0.39, 0.29) is 24.9 Å². The Bertz CT molecular complexity index is 687. The van der Waals surface area contributed by atoms with E-state index in [9.17, 15) is 4.79 Å². The topological polar surface area (TPSA) is 56.8 Å². The van der Waals surface area contributed by atoms with Gasteiger partial charge in [0.25, 0.3) is 0 Å². The van der Waals surface area contributed by atoms with E-state index >= 15 is 0 Å². The summed E-state index contributed by atoms with van der Waals surface area (Å²) in [6.45, 7) is 2.15. The van der Waals surface area contributed by atoms with E-state index in [2.05, 4.69) is 5.32 Å². The fraction of sp³-hybridized carbons (Fsp3) is 0.278. The molecule has 5 heteroatoms. The van der Waals surface area contributed by atoms with Crippen molar-refractivity contribution >= 4 is 5.97 Å². The molecule has 1 aliphatic rings. The van der Waals surface area contributed by atoms with Crippen molar-refractivity contribution in [3.05, 3.63) is 59.7 Å². The first-order valence-electron chi connectivity index (χ1n) is 7.52. The number of fused-ring (bicyclic) bond motifs is 1. The first-order chi connectivity index (χ1) is 11.2. The van der Waals surface area contributed by atoms with Crippen molar-refractivity contribution in [1.82, 2.24) is 5.32 Å². The molecule has 1 aliphatic heterocycles. The number of rotatable bonds is 5. The van der Waals surface area contributed by atoms with Crippen LogP contribution in [0.3, 0.4) is 0 Å². The monoisotopic (exact) mass is 313 g/mol. The minimum absolute atomic E-state index is 0.0182. The van der Waals surface area contributed by atoms with Crippen LogP contribution >= 0.6 is 0 Å². The standard InChI is InChI=1S/C18H19NO4/c1-12(19-2)17(13-6-4-3-5-7-13)23-18(20)14-8-9-15-16(10-14)22-11-21-15/h3-10,12,17,19H,11H2,1-2H3. The lowest BCUT2D eigenvalue weighted by molar-refractivity contribution is 0.0219. The fourth-order valence-electron chi connectivity index (χ4n) is 2.46. The second kappa shape index (κ2) is 6.71. The Kier molecular flexibility index (Phi) is 4.48. The molecule has 0 aliphatic carbocycles. The highest BCUT2D eigenvalue weighted by Crippen LogP contribution is 2.33. The van der Waals surface area contributed by atoms with E-state index in [1.165, 1.54) is 0 Å². The number of likely N-dealkylation sites (N-methyl/N-ethyl adjacent to an activating group) is 1. The molecule has 2 aromatic rings. The third-order valence-electron chi connectivity index (χ3n) is 3.88. The van der Waals surface area contributed by atoms with Crippen LogP contribution in [0.15, 0.2) is 48.5 Å². The average Bonchev–Trinajstić information content (AvgIpc) is 3.07. The Morgan fingerprint density at radius 3 is 2.61 bits per heavy atom. The van der Waals surface area contributed by atoms with Crippen molar-refractivity contribution in [3.8, 4) is 11.5 Å². The van der Waals surface area contributed by atoms with Crippen LogP contribution in [0, 0.1) is 0 Å². The van der Waals surface area contributed by atoms with Gasteiger partial charge < -0.3 is 19.5 Å². The van der Waals surface area contributed by atoms with Gasteiger partial charge in [-0.3, -0.25) is 0 Å². The molecule has 0 fully saturated rings. The van der Waals surface area contributed by atoms with Crippen molar-refractivity contribution in [2.45, 2.75) is 19.1 Å². The smallest absolute Gasteiger partial charge is 0.338 e. The van der Waals surface area contributed by atoms with Crippen molar-refractivity contribution in [3.63, 3.8) is 0 Å². The van der Waals surface area contributed by atoms with Crippen molar-refractivity contribution < 1.29 is 19.0 Å². The SMILES string of the molecule is CNC(C)C(OC(=O)c1ccc2c(c1)OCO2)c1ccccc1. The normalized spacial score (nSPS) is 15.0. The molecule has 3 rings (SSSR count). The summed E-state index contributed by atoms with van der Waals surface area (Å²) in [5.74, 6) is 0.821. The molecule has 120 valence electrons. The largest absolute Gasteiger partial charge is 0.454 e. The minimum Gasteiger partial charge on any atom is -0.454 e. The number of hydrogen-bond donors (Lipinski definition) is 1.